The number of nitrogens with zero attached hydrogens (tertiary/aromatic N) is 2. The number of thiocarbonyl (C=S) groups is 1. The van der Waals surface area contributed by atoms with Crippen molar-refractivity contribution in [3.63, 3.8) is 0 Å². The van der Waals surface area contributed by atoms with Gasteiger partial charge in [0.05, 0.1) is 16.2 Å². The predicted octanol–water partition coefficient (Wildman–Crippen LogP) is 6.08. The number of rotatable bonds is 9. The van der Waals surface area contributed by atoms with Crippen molar-refractivity contribution in [3.8, 4) is 0 Å². The molecule has 6 nitrogen and oxygen atoms in total. The van der Waals surface area contributed by atoms with Gasteiger partial charge in [-0.25, -0.2) is 0 Å². The van der Waals surface area contributed by atoms with E-state index in [1.165, 1.54) is 16.7 Å². The molecule has 1 N–H and O–H groups in total. The second-order valence-electron chi connectivity index (χ2n) is 9.68. The number of fused-ring (bicyclic) bond motifs is 1. The Morgan fingerprint density at radius 3 is 2.51 bits per heavy atom. The standard InChI is InChI=1S/C29H33N3O3S2/c1-5-7-10-20(6-2)16-32-28(35)26(37-29(32)36)25-21-11-8-9-12-23(21)31(27(25)34)17-24(33)30-22-14-13-18(3)15-19(22)4/h8-9,11-15,20H,5-7,10,16-17H2,1-4H3,(H,30,33)/b26-25+. The number of para-hydroxylation sites is 1. The first kappa shape index (κ1) is 27.1. The second-order valence-corrected chi connectivity index (χ2v) is 11.3. The summed E-state index contributed by atoms with van der Waals surface area (Å²) >= 11 is 6.77. The molecule has 1 atom stereocenters. The van der Waals surface area contributed by atoms with E-state index in [1.807, 2.05) is 56.3 Å². The number of unbranched alkanes of at least 4 members (excludes halogenated alkanes) is 1. The van der Waals surface area contributed by atoms with E-state index < -0.39 is 0 Å². The summed E-state index contributed by atoms with van der Waals surface area (Å²) in [6.07, 6.45) is 4.23. The normalized spacial score (nSPS) is 18.0. The molecule has 2 aliphatic heterocycles. The molecule has 0 spiro atoms. The summed E-state index contributed by atoms with van der Waals surface area (Å²) in [5, 5.41) is 2.92. The number of amides is 3. The van der Waals surface area contributed by atoms with Gasteiger partial charge >= 0.3 is 0 Å². The monoisotopic (exact) mass is 535 g/mol. The zero-order valence-corrected chi connectivity index (χ0v) is 23.4. The van der Waals surface area contributed by atoms with Crippen molar-refractivity contribution < 1.29 is 14.4 Å². The van der Waals surface area contributed by atoms with Gasteiger partial charge in [-0.3, -0.25) is 24.2 Å². The van der Waals surface area contributed by atoms with Crippen molar-refractivity contribution in [2.24, 2.45) is 5.92 Å². The van der Waals surface area contributed by atoms with Gasteiger partial charge < -0.3 is 5.32 Å². The lowest BCUT2D eigenvalue weighted by Gasteiger charge is -2.21. The average Bonchev–Trinajstić information content (AvgIpc) is 3.30. The fourth-order valence-electron chi connectivity index (χ4n) is 4.83. The SMILES string of the molecule is CCCCC(CC)CN1C(=O)/C(=C2\C(=O)N(CC(=O)Nc3ccc(C)cc3C)c3ccccc32)SC1=S. The highest BCUT2D eigenvalue weighted by molar-refractivity contribution is 8.26. The molecule has 0 bridgehead atoms. The Hall–Kier alpha value is -2.97. The molecule has 1 saturated heterocycles. The van der Waals surface area contributed by atoms with E-state index in [0.717, 1.165) is 36.8 Å². The molecule has 0 aliphatic carbocycles. The smallest absolute Gasteiger partial charge is 0.267 e. The number of carbonyl (C=O) groups excluding carboxylic acids is 3. The lowest BCUT2D eigenvalue weighted by Crippen LogP contribution is -2.36. The van der Waals surface area contributed by atoms with Crippen LogP contribution in [0.5, 0.6) is 0 Å². The Labute approximate surface area is 228 Å². The van der Waals surface area contributed by atoms with Crippen LogP contribution >= 0.6 is 24.0 Å². The van der Waals surface area contributed by atoms with Crippen LogP contribution in [-0.4, -0.2) is 40.0 Å². The lowest BCUT2D eigenvalue weighted by molar-refractivity contribution is -0.123. The highest BCUT2D eigenvalue weighted by atomic mass is 32.2. The molecule has 37 heavy (non-hydrogen) atoms. The summed E-state index contributed by atoms with van der Waals surface area (Å²) in [7, 11) is 0. The van der Waals surface area contributed by atoms with Crippen LogP contribution in [0.2, 0.25) is 0 Å². The fraction of sp³-hybridized carbons (Fsp3) is 0.379. The number of carbonyl (C=O) groups is 3. The van der Waals surface area contributed by atoms with Gasteiger partial charge in [0.25, 0.3) is 11.8 Å². The van der Waals surface area contributed by atoms with E-state index in [9.17, 15) is 14.4 Å². The van der Waals surface area contributed by atoms with E-state index in [2.05, 4.69) is 19.2 Å². The molecule has 194 valence electrons. The van der Waals surface area contributed by atoms with E-state index >= 15 is 0 Å². The molecule has 2 aliphatic rings. The number of nitrogens with one attached hydrogen (secondary N) is 1. The summed E-state index contributed by atoms with van der Waals surface area (Å²) in [4.78, 5) is 43.6. The molecule has 3 amide bonds. The van der Waals surface area contributed by atoms with Gasteiger partial charge in [-0.1, -0.05) is 93.0 Å². The first-order valence-corrected chi connectivity index (χ1v) is 14.0. The third kappa shape index (κ3) is 5.65. The predicted molar refractivity (Wildman–Crippen MR) is 155 cm³/mol. The number of thioether (sulfide) groups is 1. The third-order valence-electron chi connectivity index (χ3n) is 6.94. The Balaban J connectivity index is 1.59. The van der Waals surface area contributed by atoms with Crippen LogP contribution in [0.25, 0.3) is 5.57 Å². The lowest BCUT2D eigenvalue weighted by atomic mass is 9.98. The van der Waals surface area contributed by atoms with Crippen LogP contribution < -0.4 is 10.2 Å². The molecular formula is C29H33N3O3S2. The summed E-state index contributed by atoms with van der Waals surface area (Å²) < 4.78 is 0.485. The van der Waals surface area contributed by atoms with Crippen LogP contribution in [0.4, 0.5) is 11.4 Å². The molecule has 1 fully saturated rings. The molecule has 0 radical (unpaired) electrons. The van der Waals surface area contributed by atoms with Crippen molar-refractivity contribution >= 4 is 63.0 Å². The van der Waals surface area contributed by atoms with Gasteiger partial charge in [0.15, 0.2) is 0 Å². The van der Waals surface area contributed by atoms with Crippen LogP contribution in [0.3, 0.4) is 0 Å². The Kier molecular flexibility index (Phi) is 8.49. The number of hydrogen-bond donors (Lipinski definition) is 1. The van der Waals surface area contributed by atoms with Crippen LogP contribution in [0.1, 0.15) is 56.2 Å². The highest BCUT2D eigenvalue weighted by Crippen LogP contribution is 2.44. The first-order valence-electron chi connectivity index (χ1n) is 12.8. The van der Waals surface area contributed by atoms with Crippen molar-refractivity contribution in [3.05, 3.63) is 64.1 Å². The maximum Gasteiger partial charge on any atom is 0.267 e. The second kappa shape index (κ2) is 11.6. The van der Waals surface area contributed by atoms with Crippen molar-refractivity contribution in [2.45, 2.75) is 53.4 Å². The minimum absolute atomic E-state index is 0.151. The molecular weight excluding hydrogens is 502 g/mol. The molecule has 0 aromatic heterocycles. The topological polar surface area (TPSA) is 69.7 Å². The van der Waals surface area contributed by atoms with Crippen molar-refractivity contribution in [1.82, 2.24) is 4.90 Å². The van der Waals surface area contributed by atoms with E-state index in [4.69, 9.17) is 12.2 Å². The summed E-state index contributed by atoms with van der Waals surface area (Å²) in [5.74, 6) is -0.505. The van der Waals surface area contributed by atoms with Gasteiger partial charge in [0.2, 0.25) is 5.91 Å². The van der Waals surface area contributed by atoms with Gasteiger partial charge in [-0.15, -0.1) is 0 Å². The first-order chi connectivity index (χ1) is 17.7. The molecule has 8 heteroatoms. The minimum Gasteiger partial charge on any atom is -0.324 e. The largest absolute Gasteiger partial charge is 0.324 e. The molecule has 1 unspecified atom stereocenters. The quantitative estimate of drug-likeness (QED) is 0.311. The molecule has 2 heterocycles. The minimum atomic E-state index is -0.351. The zero-order valence-electron chi connectivity index (χ0n) is 21.8. The highest BCUT2D eigenvalue weighted by Gasteiger charge is 2.42. The number of benzene rings is 2. The molecule has 4 rings (SSSR count). The average molecular weight is 536 g/mol. The number of anilines is 2. The van der Waals surface area contributed by atoms with Crippen LogP contribution in [0, 0.1) is 19.8 Å². The van der Waals surface area contributed by atoms with Gasteiger partial charge in [-0.2, -0.15) is 0 Å². The summed E-state index contributed by atoms with van der Waals surface area (Å²) in [6.45, 7) is 8.64. The maximum atomic E-state index is 13.7. The third-order valence-corrected chi connectivity index (χ3v) is 8.39. The van der Waals surface area contributed by atoms with Gasteiger partial charge in [0, 0.05) is 17.8 Å². The molecule has 0 saturated carbocycles. The Morgan fingerprint density at radius 1 is 1.05 bits per heavy atom. The summed E-state index contributed by atoms with van der Waals surface area (Å²) in [5.41, 5.74) is 4.39. The molecule has 2 aromatic rings. The fourth-order valence-corrected chi connectivity index (χ4v) is 6.17. The van der Waals surface area contributed by atoms with Crippen LogP contribution in [-0.2, 0) is 14.4 Å². The van der Waals surface area contributed by atoms with Crippen LogP contribution in [0.15, 0.2) is 47.4 Å². The van der Waals surface area contributed by atoms with Crippen molar-refractivity contribution in [2.75, 3.05) is 23.3 Å². The summed E-state index contributed by atoms with van der Waals surface area (Å²) in [6, 6.07) is 13.1. The maximum absolute atomic E-state index is 13.7. The Morgan fingerprint density at radius 2 is 1.81 bits per heavy atom. The van der Waals surface area contributed by atoms with E-state index in [-0.39, 0.29) is 24.3 Å². The van der Waals surface area contributed by atoms with E-state index in [0.29, 0.717) is 44.2 Å². The Bertz CT molecular complexity index is 1290. The number of aryl methyl sites for hydroxylation is 2. The van der Waals surface area contributed by atoms with Gasteiger partial charge in [0.1, 0.15) is 10.9 Å². The molecule has 2 aromatic carbocycles. The number of hydrogen-bond acceptors (Lipinski definition) is 5. The van der Waals surface area contributed by atoms with Gasteiger partial charge in [-0.05, 0) is 43.9 Å². The van der Waals surface area contributed by atoms with Crippen molar-refractivity contribution in [1.29, 1.82) is 0 Å². The zero-order chi connectivity index (χ0) is 26.7. The van der Waals surface area contributed by atoms with E-state index in [1.54, 1.807) is 4.90 Å².